The molecule has 1 aliphatic carbocycles. The van der Waals surface area contributed by atoms with Crippen LogP contribution < -0.4 is 5.32 Å². The molecular formula is C14H24N2O2. The van der Waals surface area contributed by atoms with Gasteiger partial charge in [-0.3, -0.25) is 10.1 Å². The lowest BCUT2D eigenvalue weighted by Gasteiger charge is -2.29. The minimum absolute atomic E-state index is 0.168. The summed E-state index contributed by atoms with van der Waals surface area (Å²) in [6.07, 6.45) is 8.31. The fourth-order valence-electron chi connectivity index (χ4n) is 3.74. The lowest BCUT2D eigenvalue weighted by atomic mass is 9.98. The number of amides is 1. The number of hydrogen-bond acceptors (Lipinski definition) is 3. The molecule has 2 aliphatic heterocycles. The highest BCUT2D eigenvalue weighted by atomic mass is 16.5. The molecule has 2 heterocycles. The zero-order chi connectivity index (χ0) is 12.6. The van der Waals surface area contributed by atoms with Crippen molar-refractivity contribution in [2.75, 3.05) is 13.2 Å². The van der Waals surface area contributed by atoms with Gasteiger partial charge in [-0.15, -0.1) is 0 Å². The van der Waals surface area contributed by atoms with Crippen LogP contribution in [0.4, 0.5) is 0 Å². The first kappa shape index (κ1) is 12.4. The molecule has 3 rings (SSSR count). The molecule has 0 radical (unpaired) electrons. The number of ether oxygens (including phenoxy) is 1. The Morgan fingerprint density at radius 1 is 1.33 bits per heavy atom. The van der Waals surface area contributed by atoms with Gasteiger partial charge in [0.2, 0.25) is 5.91 Å². The molecule has 2 unspecified atom stereocenters. The summed E-state index contributed by atoms with van der Waals surface area (Å²) < 4.78 is 5.77. The zero-order valence-electron chi connectivity index (χ0n) is 11.3. The molecule has 0 aromatic carbocycles. The van der Waals surface area contributed by atoms with E-state index in [1.807, 2.05) is 4.90 Å². The van der Waals surface area contributed by atoms with Crippen molar-refractivity contribution in [3.05, 3.63) is 0 Å². The Morgan fingerprint density at radius 2 is 2.11 bits per heavy atom. The van der Waals surface area contributed by atoms with Crippen molar-refractivity contribution < 1.29 is 9.53 Å². The second kappa shape index (κ2) is 4.82. The molecule has 0 bridgehead atoms. The highest BCUT2D eigenvalue weighted by Gasteiger charge is 2.51. The van der Waals surface area contributed by atoms with Crippen LogP contribution in [0.3, 0.4) is 0 Å². The van der Waals surface area contributed by atoms with Crippen LogP contribution in [0.2, 0.25) is 0 Å². The highest BCUT2D eigenvalue weighted by molar-refractivity contribution is 5.89. The summed E-state index contributed by atoms with van der Waals surface area (Å²) >= 11 is 0. The van der Waals surface area contributed by atoms with E-state index in [-0.39, 0.29) is 17.8 Å². The van der Waals surface area contributed by atoms with E-state index in [4.69, 9.17) is 4.74 Å². The SMILES string of the molecule is CC1NC2(CCCC2)C(=O)N1CC1CCCCO1. The van der Waals surface area contributed by atoms with Crippen LogP contribution in [-0.4, -0.2) is 41.8 Å². The normalized spacial score (nSPS) is 35.6. The number of rotatable bonds is 2. The van der Waals surface area contributed by atoms with Crippen LogP contribution >= 0.6 is 0 Å². The summed E-state index contributed by atoms with van der Waals surface area (Å²) in [5.41, 5.74) is -0.228. The van der Waals surface area contributed by atoms with E-state index in [2.05, 4.69) is 12.2 Å². The Kier molecular flexibility index (Phi) is 3.32. The molecule has 102 valence electrons. The molecule has 1 amide bonds. The third-order valence-corrected chi connectivity index (χ3v) is 4.75. The van der Waals surface area contributed by atoms with Crippen LogP contribution in [-0.2, 0) is 9.53 Å². The smallest absolute Gasteiger partial charge is 0.244 e. The Labute approximate surface area is 109 Å². The summed E-state index contributed by atoms with van der Waals surface area (Å²) in [7, 11) is 0. The average Bonchev–Trinajstić information content (AvgIpc) is 2.93. The van der Waals surface area contributed by atoms with Crippen molar-refractivity contribution in [3.8, 4) is 0 Å². The fourth-order valence-corrected chi connectivity index (χ4v) is 3.74. The molecular weight excluding hydrogens is 228 g/mol. The van der Waals surface area contributed by atoms with Crippen LogP contribution in [0.25, 0.3) is 0 Å². The van der Waals surface area contributed by atoms with Gasteiger partial charge in [0.05, 0.1) is 17.8 Å². The summed E-state index contributed by atoms with van der Waals surface area (Å²) in [6, 6.07) is 0. The molecule has 18 heavy (non-hydrogen) atoms. The molecule has 4 heteroatoms. The lowest BCUT2D eigenvalue weighted by molar-refractivity contribution is -0.135. The van der Waals surface area contributed by atoms with Crippen molar-refractivity contribution in [2.24, 2.45) is 0 Å². The molecule has 4 nitrogen and oxygen atoms in total. The minimum atomic E-state index is -0.228. The Hall–Kier alpha value is -0.610. The molecule has 1 saturated carbocycles. The molecule has 3 fully saturated rings. The quantitative estimate of drug-likeness (QED) is 0.812. The molecule has 1 N–H and O–H groups in total. The van der Waals surface area contributed by atoms with Gasteiger partial charge >= 0.3 is 0 Å². The largest absolute Gasteiger partial charge is 0.376 e. The number of carbonyl (C=O) groups is 1. The highest BCUT2D eigenvalue weighted by Crippen LogP contribution is 2.36. The molecule has 0 aromatic heterocycles. The van der Waals surface area contributed by atoms with Gasteiger partial charge in [-0.1, -0.05) is 12.8 Å². The second-order valence-corrected chi connectivity index (χ2v) is 6.06. The summed E-state index contributed by atoms with van der Waals surface area (Å²) in [4.78, 5) is 14.6. The van der Waals surface area contributed by atoms with E-state index in [1.54, 1.807) is 0 Å². The Bertz CT molecular complexity index is 320. The number of carbonyl (C=O) groups excluding carboxylic acids is 1. The Morgan fingerprint density at radius 3 is 2.78 bits per heavy atom. The first-order chi connectivity index (χ1) is 8.71. The standard InChI is InChI=1S/C14H24N2O2/c1-11-15-14(7-3-4-8-14)13(17)16(11)10-12-6-2-5-9-18-12/h11-12,15H,2-10H2,1H3. The van der Waals surface area contributed by atoms with Crippen LogP contribution in [0.5, 0.6) is 0 Å². The topological polar surface area (TPSA) is 41.6 Å². The Balaban J connectivity index is 1.66. The third kappa shape index (κ3) is 2.05. The lowest BCUT2D eigenvalue weighted by Crippen LogP contribution is -2.45. The van der Waals surface area contributed by atoms with Crippen LogP contribution in [0, 0.1) is 0 Å². The van der Waals surface area contributed by atoms with Gasteiger partial charge in [0.1, 0.15) is 0 Å². The third-order valence-electron chi connectivity index (χ3n) is 4.75. The van der Waals surface area contributed by atoms with Gasteiger partial charge in [-0.25, -0.2) is 0 Å². The van der Waals surface area contributed by atoms with Gasteiger partial charge in [0.15, 0.2) is 0 Å². The van der Waals surface area contributed by atoms with Crippen molar-refractivity contribution in [1.29, 1.82) is 0 Å². The maximum atomic E-state index is 12.6. The molecule has 3 aliphatic rings. The molecule has 2 atom stereocenters. The van der Waals surface area contributed by atoms with Crippen LogP contribution in [0.1, 0.15) is 51.9 Å². The summed E-state index contributed by atoms with van der Waals surface area (Å²) in [5, 5.41) is 3.54. The average molecular weight is 252 g/mol. The van der Waals surface area contributed by atoms with E-state index in [0.717, 1.165) is 32.4 Å². The van der Waals surface area contributed by atoms with Gasteiger partial charge in [-0.05, 0) is 39.0 Å². The molecule has 0 aromatic rings. The van der Waals surface area contributed by atoms with E-state index < -0.39 is 0 Å². The van der Waals surface area contributed by atoms with Gasteiger partial charge < -0.3 is 9.64 Å². The monoisotopic (exact) mass is 252 g/mol. The predicted molar refractivity (Wildman–Crippen MR) is 69.1 cm³/mol. The summed E-state index contributed by atoms with van der Waals surface area (Å²) in [6.45, 7) is 3.74. The molecule has 1 spiro atoms. The maximum Gasteiger partial charge on any atom is 0.244 e. The minimum Gasteiger partial charge on any atom is -0.376 e. The van der Waals surface area contributed by atoms with Gasteiger partial charge in [-0.2, -0.15) is 0 Å². The van der Waals surface area contributed by atoms with Crippen molar-refractivity contribution in [1.82, 2.24) is 10.2 Å². The first-order valence-corrected chi connectivity index (χ1v) is 7.42. The van der Waals surface area contributed by atoms with Gasteiger partial charge in [0.25, 0.3) is 0 Å². The number of nitrogens with one attached hydrogen (secondary N) is 1. The first-order valence-electron chi connectivity index (χ1n) is 7.42. The van der Waals surface area contributed by atoms with Crippen LogP contribution in [0.15, 0.2) is 0 Å². The van der Waals surface area contributed by atoms with Crippen molar-refractivity contribution in [2.45, 2.75) is 69.7 Å². The number of hydrogen-bond donors (Lipinski definition) is 1. The van der Waals surface area contributed by atoms with Crippen molar-refractivity contribution in [3.63, 3.8) is 0 Å². The van der Waals surface area contributed by atoms with Gasteiger partial charge in [0, 0.05) is 13.2 Å². The maximum absolute atomic E-state index is 12.6. The number of nitrogens with zero attached hydrogens (tertiary/aromatic N) is 1. The fraction of sp³-hybridized carbons (Fsp3) is 0.929. The van der Waals surface area contributed by atoms with Crippen molar-refractivity contribution >= 4 is 5.91 Å². The van der Waals surface area contributed by atoms with E-state index in [0.29, 0.717) is 5.91 Å². The second-order valence-electron chi connectivity index (χ2n) is 6.06. The molecule has 2 saturated heterocycles. The van der Waals surface area contributed by atoms with E-state index in [9.17, 15) is 4.79 Å². The van der Waals surface area contributed by atoms with E-state index >= 15 is 0 Å². The zero-order valence-corrected chi connectivity index (χ0v) is 11.3. The summed E-state index contributed by atoms with van der Waals surface area (Å²) in [5.74, 6) is 0.321. The van der Waals surface area contributed by atoms with E-state index in [1.165, 1.54) is 25.7 Å². The predicted octanol–water partition coefficient (Wildman–Crippen LogP) is 1.65.